The molecule has 0 atom stereocenters. The maximum atomic E-state index is 14.5. The summed E-state index contributed by atoms with van der Waals surface area (Å²) < 4.78 is 231. The number of benzene rings is 1. The quantitative estimate of drug-likeness (QED) is 0.145. The van der Waals surface area contributed by atoms with E-state index in [4.69, 9.17) is 0 Å². The van der Waals surface area contributed by atoms with Gasteiger partial charge >= 0.3 is 47.6 Å². The number of hydrogen-bond donors (Lipinski definition) is 0. The fourth-order valence-corrected chi connectivity index (χ4v) is 6.58. The monoisotopic (exact) mass is 744 g/mol. The molecule has 18 heteroatoms. The highest BCUT2D eigenvalue weighted by atomic mass is 19.4. The van der Waals surface area contributed by atoms with Gasteiger partial charge < -0.3 is 0 Å². The molecule has 0 saturated heterocycles. The maximum Gasteiger partial charge on any atom is 0.460 e. The highest BCUT2D eigenvalue weighted by molar-refractivity contribution is 6.02. The van der Waals surface area contributed by atoms with Crippen LogP contribution in [0.15, 0.2) is 24.3 Å². The average molecular weight is 745 g/mol. The van der Waals surface area contributed by atoms with E-state index >= 15 is 0 Å². The summed E-state index contributed by atoms with van der Waals surface area (Å²) in [6.07, 6.45) is 2.92. The van der Waals surface area contributed by atoms with Crippen molar-refractivity contribution in [2.75, 3.05) is 0 Å². The second-order valence-corrected chi connectivity index (χ2v) is 13.1. The van der Waals surface area contributed by atoms with Crippen LogP contribution >= 0.6 is 0 Å². The third kappa shape index (κ3) is 6.99. The van der Waals surface area contributed by atoms with Gasteiger partial charge in [-0.15, -0.1) is 0 Å². The van der Waals surface area contributed by atoms with Crippen LogP contribution in [0.2, 0.25) is 0 Å². The second kappa shape index (κ2) is 13.7. The molecule has 2 aliphatic rings. The number of ketones is 1. The lowest BCUT2D eigenvalue weighted by Gasteiger charge is -2.42. The summed E-state index contributed by atoms with van der Waals surface area (Å²) in [5.74, 6) is -59.7. The zero-order valence-corrected chi connectivity index (χ0v) is 25.7. The molecule has 0 radical (unpaired) electrons. The third-order valence-corrected chi connectivity index (χ3v) is 10.0. The predicted molar refractivity (Wildman–Crippen MR) is 141 cm³/mol. The van der Waals surface area contributed by atoms with Crippen LogP contribution in [-0.2, 0) is 0 Å². The zero-order chi connectivity index (χ0) is 37.6. The summed E-state index contributed by atoms with van der Waals surface area (Å²) in [6.45, 7) is 2.17. The summed E-state index contributed by atoms with van der Waals surface area (Å²) in [7, 11) is 0. The van der Waals surface area contributed by atoms with E-state index in [2.05, 4.69) is 6.92 Å². The van der Waals surface area contributed by atoms with Gasteiger partial charge in [0.15, 0.2) is 0 Å². The van der Waals surface area contributed by atoms with Gasteiger partial charge in [0.25, 0.3) is 0 Å². The van der Waals surface area contributed by atoms with Gasteiger partial charge in [0, 0.05) is 5.56 Å². The van der Waals surface area contributed by atoms with Crippen LogP contribution in [0.4, 0.5) is 74.6 Å². The van der Waals surface area contributed by atoms with Crippen LogP contribution in [0.3, 0.4) is 0 Å². The van der Waals surface area contributed by atoms with Gasteiger partial charge in [-0.3, -0.25) is 4.79 Å². The van der Waals surface area contributed by atoms with Crippen molar-refractivity contribution in [1.29, 1.82) is 0 Å². The van der Waals surface area contributed by atoms with E-state index in [-0.39, 0.29) is 5.92 Å². The molecular formula is C31H33F17O. The molecule has 282 valence electrons. The molecular weight excluding hydrogens is 711 g/mol. The topological polar surface area (TPSA) is 17.1 Å². The largest absolute Gasteiger partial charge is 0.460 e. The predicted octanol–water partition coefficient (Wildman–Crippen LogP) is 12.1. The summed E-state index contributed by atoms with van der Waals surface area (Å²) in [5, 5.41) is 0. The van der Waals surface area contributed by atoms with Crippen molar-refractivity contribution in [2.24, 2.45) is 17.8 Å². The van der Waals surface area contributed by atoms with Crippen LogP contribution in [0.25, 0.3) is 0 Å². The number of rotatable bonds is 13. The Morgan fingerprint density at radius 1 is 0.510 bits per heavy atom. The van der Waals surface area contributed by atoms with E-state index in [9.17, 15) is 79.4 Å². The van der Waals surface area contributed by atoms with E-state index in [0.717, 1.165) is 50.2 Å². The lowest BCUT2D eigenvalue weighted by Crippen LogP contribution is -2.75. The molecule has 2 saturated carbocycles. The van der Waals surface area contributed by atoms with Crippen molar-refractivity contribution in [3.8, 4) is 0 Å². The van der Waals surface area contributed by atoms with Gasteiger partial charge in [0.1, 0.15) is 0 Å². The number of carbonyl (C=O) groups is 1. The Labute approximate surface area is 270 Å². The molecule has 0 bridgehead atoms. The summed E-state index contributed by atoms with van der Waals surface area (Å²) in [4.78, 5) is 12.2. The fourth-order valence-electron chi connectivity index (χ4n) is 6.58. The minimum absolute atomic E-state index is 0.205. The molecule has 0 spiro atoms. The van der Waals surface area contributed by atoms with Crippen LogP contribution in [0.1, 0.15) is 99.4 Å². The van der Waals surface area contributed by atoms with Crippen molar-refractivity contribution in [2.45, 2.75) is 131 Å². The Kier molecular flexibility index (Phi) is 11.5. The first-order chi connectivity index (χ1) is 22.1. The molecule has 2 fully saturated rings. The minimum atomic E-state index is -8.74. The summed E-state index contributed by atoms with van der Waals surface area (Å²) in [6, 6.07) is 2.78. The Balaban J connectivity index is 1.72. The van der Waals surface area contributed by atoms with Crippen LogP contribution in [-0.4, -0.2) is 53.4 Å². The zero-order valence-electron chi connectivity index (χ0n) is 25.7. The lowest BCUT2D eigenvalue weighted by molar-refractivity contribution is -0.459. The van der Waals surface area contributed by atoms with Crippen molar-refractivity contribution in [3.63, 3.8) is 0 Å². The standard InChI is InChI=1S/C31H33F17O/c1-2-17-3-5-18(6-4-17)7-8-19-9-11-20(12-10-19)21-13-15-22(16-14-21)23(49)24(32,33)25(34,35)26(36,37)27(38,39)28(40,41)29(42,43)30(44,45)31(46,47)48/h13-20H,2-12H2,1H3. The first-order valence-electron chi connectivity index (χ1n) is 15.5. The van der Waals surface area contributed by atoms with E-state index in [1.54, 1.807) is 0 Å². The van der Waals surface area contributed by atoms with E-state index < -0.39 is 59.0 Å². The van der Waals surface area contributed by atoms with E-state index in [1.807, 2.05) is 0 Å². The highest BCUT2D eigenvalue weighted by Gasteiger charge is 2.95. The number of halogens is 17. The van der Waals surface area contributed by atoms with Crippen LogP contribution in [0, 0.1) is 17.8 Å². The number of hydrogen-bond acceptors (Lipinski definition) is 1. The number of alkyl halides is 17. The molecule has 1 nitrogen and oxygen atoms in total. The molecule has 0 heterocycles. The normalized spacial score (nSPS) is 24.2. The van der Waals surface area contributed by atoms with Crippen LogP contribution < -0.4 is 0 Å². The molecule has 49 heavy (non-hydrogen) atoms. The van der Waals surface area contributed by atoms with Gasteiger partial charge in [-0.2, -0.15) is 74.6 Å². The lowest BCUT2D eigenvalue weighted by atomic mass is 9.74. The van der Waals surface area contributed by atoms with Gasteiger partial charge in [0.05, 0.1) is 0 Å². The number of carbonyl (C=O) groups excluding carboxylic acids is 1. The minimum Gasteiger partial charge on any atom is -0.287 e. The van der Waals surface area contributed by atoms with E-state index in [0.29, 0.717) is 42.4 Å². The smallest absolute Gasteiger partial charge is 0.287 e. The second-order valence-electron chi connectivity index (χ2n) is 13.1. The fraction of sp³-hybridized carbons (Fsp3) is 0.774. The van der Waals surface area contributed by atoms with Crippen molar-refractivity contribution in [3.05, 3.63) is 35.4 Å². The third-order valence-electron chi connectivity index (χ3n) is 10.0. The summed E-state index contributed by atoms with van der Waals surface area (Å²) in [5.41, 5.74) is -1.15. The molecule has 1 aromatic rings. The Morgan fingerprint density at radius 2 is 0.857 bits per heavy atom. The molecule has 3 rings (SSSR count). The molecule has 2 aliphatic carbocycles. The molecule has 0 aromatic heterocycles. The first kappa shape index (κ1) is 41.1. The van der Waals surface area contributed by atoms with E-state index in [1.165, 1.54) is 25.7 Å². The molecule has 0 amide bonds. The molecule has 1 aromatic carbocycles. The first-order valence-corrected chi connectivity index (χ1v) is 15.5. The van der Waals surface area contributed by atoms with Crippen molar-refractivity contribution >= 4 is 5.78 Å². The maximum absolute atomic E-state index is 14.5. The Morgan fingerprint density at radius 3 is 1.24 bits per heavy atom. The Bertz CT molecular complexity index is 1270. The van der Waals surface area contributed by atoms with Gasteiger partial charge in [-0.05, 0) is 54.9 Å². The SMILES string of the molecule is CCC1CCC(CCC2CCC(c3ccc(C(=O)C(F)(F)C(F)(F)C(F)(F)C(F)(F)C(F)(F)C(F)(F)C(F)(F)C(F)(F)F)cc3)CC2)CC1. The van der Waals surface area contributed by atoms with Crippen LogP contribution in [0.5, 0.6) is 0 Å². The van der Waals surface area contributed by atoms with Gasteiger partial charge in [-0.25, -0.2) is 0 Å². The van der Waals surface area contributed by atoms with Crippen molar-refractivity contribution < 1.29 is 79.4 Å². The van der Waals surface area contributed by atoms with Gasteiger partial charge in [0.2, 0.25) is 5.78 Å². The highest BCUT2D eigenvalue weighted by Crippen LogP contribution is 2.64. The number of Topliss-reactive ketones (excluding diaryl/α,β-unsaturated/α-hetero) is 1. The molecule has 0 aliphatic heterocycles. The molecule has 0 N–H and O–H groups in total. The Hall–Kier alpha value is -2.30. The average Bonchev–Trinajstić information content (AvgIpc) is 3.02. The van der Waals surface area contributed by atoms with Crippen molar-refractivity contribution in [1.82, 2.24) is 0 Å². The molecule has 0 unspecified atom stereocenters. The summed E-state index contributed by atoms with van der Waals surface area (Å²) >= 11 is 0. The van der Waals surface area contributed by atoms with Gasteiger partial charge in [-0.1, -0.05) is 76.1 Å².